The molecule has 20 heavy (non-hydrogen) atoms. The third-order valence-electron chi connectivity index (χ3n) is 2.30. The molecule has 0 fully saturated rings. The van der Waals surface area contributed by atoms with E-state index < -0.39 is 35.2 Å². The SMILES string of the molecule is CC(N)CC(=O)Nc1cc(C(=O)O)cc(C(F)(F)F)c1. The van der Waals surface area contributed by atoms with E-state index in [2.05, 4.69) is 5.32 Å². The number of carbonyl (C=O) groups excluding carboxylic acids is 1. The largest absolute Gasteiger partial charge is 0.478 e. The lowest BCUT2D eigenvalue weighted by Crippen LogP contribution is -2.24. The number of hydrogen-bond donors (Lipinski definition) is 3. The molecule has 0 aliphatic heterocycles. The van der Waals surface area contributed by atoms with Crippen LogP contribution in [0.25, 0.3) is 0 Å². The molecule has 0 heterocycles. The van der Waals surface area contributed by atoms with Crippen molar-refractivity contribution < 1.29 is 27.9 Å². The van der Waals surface area contributed by atoms with Crippen molar-refractivity contribution in [3.63, 3.8) is 0 Å². The van der Waals surface area contributed by atoms with Gasteiger partial charge in [0.2, 0.25) is 5.91 Å². The van der Waals surface area contributed by atoms with E-state index in [1.54, 1.807) is 6.92 Å². The number of anilines is 1. The first-order valence-corrected chi connectivity index (χ1v) is 5.60. The molecule has 1 aromatic carbocycles. The van der Waals surface area contributed by atoms with Gasteiger partial charge in [0.05, 0.1) is 11.1 Å². The summed E-state index contributed by atoms with van der Waals surface area (Å²) in [6, 6.07) is 1.67. The third kappa shape index (κ3) is 4.54. The van der Waals surface area contributed by atoms with Gasteiger partial charge in [0.15, 0.2) is 0 Å². The van der Waals surface area contributed by atoms with E-state index in [1.807, 2.05) is 0 Å². The van der Waals surface area contributed by atoms with Crippen molar-refractivity contribution >= 4 is 17.6 Å². The summed E-state index contributed by atoms with van der Waals surface area (Å²) >= 11 is 0. The first-order chi connectivity index (χ1) is 9.09. The normalized spacial score (nSPS) is 12.8. The molecule has 0 spiro atoms. The second kappa shape index (κ2) is 5.91. The summed E-state index contributed by atoms with van der Waals surface area (Å²) in [4.78, 5) is 22.2. The number of carbonyl (C=O) groups is 2. The highest BCUT2D eigenvalue weighted by atomic mass is 19.4. The van der Waals surface area contributed by atoms with E-state index in [0.717, 1.165) is 6.07 Å². The highest BCUT2D eigenvalue weighted by molar-refractivity contribution is 5.94. The lowest BCUT2D eigenvalue weighted by molar-refractivity contribution is -0.137. The van der Waals surface area contributed by atoms with Gasteiger partial charge in [-0.15, -0.1) is 0 Å². The lowest BCUT2D eigenvalue weighted by Gasteiger charge is -2.12. The number of aromatic carboxylic acids is 1. The van der Waals surface area contributed by atoms with Gasteiger partial charge in [-0.05, 0) is 25.1 Å². The fraction of sp³-hybridized carbons (Fsp3) is 0.333. The van der Waals surface area contributed by atoms with Crippen LogP contribution in [0.15, 0.2) is 18.2 Å². The molecule has 5 nitrogen and oxygen atoms in total. The molecule has 4 N–H and O–H groups in total. The molecule has 8 heteroatoms. The van der Waals surface area contributed by atoms with Crippen molar-refractivity contribution in [1.29, 1.82) is 0 Å². The van der Waals surface area contributed by atoms with E-state index in [9.17, 15) is 22.8 Å². The quantitative estimate of drug-likeness (QED) is 0.791. The van der Waals surface area contributed by atoms with Gasteiger partial charge in [-0.2, -0.15) is 13.2 Å². The van der Waals surface area contributed by atoms with Crippen LogP contribution in [0, 0.1) is 0 Å². The van der Waals surface area contributed by atoms with Crippen molar-refractivity contribution in [2.24, 2.45) is 5.73 Å². The van der Waals surface area contributed by atoms with Crippen molar-refractivity contribution in [2.45, 2.75) is 25.6 Å². The molecule has 0 saturated heterocycles. The zero-order chi connectivity index (χ0) is 15.5. The Morgan fingerprint density at radius 2 is 1.95 bits per heavy atom. The minimum atomic E-state index is -4.70. The van der Waals surface area contributed by atoms with Crippen LogP contribution >= 0.6 is 0 Å². The molecular weight excluding hydrogens is 277 g/mol. The predicted molar refractivity (Wildman–Crippen MR) is 65.3 cm³/mol. The van der Waals surface area contributed by atoms with Gasteiger partial charge in [0.25, 0.3) is 0 Å². The van der Waals surface area contributed by atoms with Gasteiger partial charge in [0.1, 0.15) is 0 Å². The molecule has 0 radical (unpaired) electrons. The molecule has 1 aromatic rings. The van der Waals surface area contributed by atoms with Crippen LogP contribution in [0.5, 0.6) is 0 Å². The smallest absolute Gasteiger partial charge is 0.416 e. The number of carboxylic acids is 1. The Hall–Kier alpha value is -2.09. The number of halogens is 3. The average molecular weight is 290 g/mol. The highest BCUT2D eigenvalue weighted by Crippen LogP contribution is 2.32. The Morgan fingerprint density at radius 1 is 1.35 bits per heavy atom. The summed E-state index contributed by atoms with van der Waals surface area (Å²) in [7, 11) is 0. The van der Waals surface area contributed by atoms with Gasteiger partial charge in [-0.3, -0.25) is 4.79 Å². The predicted octanol–water partition coefficient (Wildman–Crippen LogP) is 2.08. The van der Waals surface area contributed by atoms with Crippen molar-refractivity contribution in [3.8, 4) is 0 Å². The van der Waals surface area contributed by atoms with Crippen LogP contribution in [0.1, 0.15) is 29.3 Å². The molecule has 0 aliphatic carbocycles. The van der Waals surface area contributed by atoms with Gasteiger partial charge in [0, 0.05) is 18.2 Å². The van der Waals surface area contributed by atoms with Crippen LogP contribution in [0.4, 0.5) is 18.9 Å². The average Bonchev–Trinajstić information content (AvgIpc) is 2.25. The second-order valence-corrected chi connectivity index (χ2v) is 4.33. The summed E-state index contributed by atoms with van der Waals surface area (Å²) in [6.07, 6.45) is -4.79. The Bertz CT molecular complexity index is 527. The zero-order valence-electron chi connectivity index (χ0n) is 10.5. The number of carboxylic acid groups (broad SMARTS) is 1. The first kappa shape index (κ1) is 16.0. The van der Waals surface area contributed by atoms with Crippen molar-refractivity contribution in [1.82, 2.24) is 0 Å². The molecule has 110 valence electrons. The summed E-state index contributed by atoms with van der Waals surface area (Å²) in [6.45, 7) is 1.56. The first-order valence-electron chi connectivity index (χ1n) is 5.60. The molecule has 1 atom stereocenters. The van der Waals surface area contributed by atoms with Crippen LogP contribution < -0.4 is 11.1 Å². The Kier molecular flexibility index (Phi) is 4.72. The van der Waals surface area contributed by atoms with Gasteiger partial charge in [-0.1, -0.05) is 0 Å². The maximum absolute atomic E-state index is 12.6. The number of benzene rings is 1. The number of nitrogens with two attached hydrogens (primary N) is 1. The Morgan fingerprint density at radius 3 is 2.40 bits per heavy atom. The number of amides is 1. The topological polar surface area (TPSA) is 92.4 Å². The number of nitrogens with one attached hydrogen (secondary N) is 1. The molecule has 0 saturated carbocycles. The molecule has 0 aliphatic rings. The number of hydrogen-bond acceptors (Lipinski definition) is 3. The summed E-state index contributed by atoms with van der Waals surface area (Å²) in [5.41, 5.74) is 3.45. The maximum Gasteiger partial charge on any atom is 0.416 e. The summed E-state index contributed by atoms with van der Waals surface area (Å²) in [5.74, 6) is -2.10. The van der Waals surface area contributed by atoms with Crippen LogP contribution in [-0.2, 0) is 11.0 Å². The molecule has 0 aromatic heterocycles. The van der Waals surface area contributed by atoms with E-state index in [-0.39, 0.29) is 12.1 Å². The van der Waals surface area contributed by atoms with Crippen LogP contribution in [0.3, 0.4) is 0 Å². The lowest BCUT2D eigenvalue weighted by atomic mass is 10.1. The van der Waals surface area contributed by atoms with Gasteiger partial charge >= 0.3 is 12.1 Å². The van der Waals surface area contributed by atoms with Gasteiger partial charge in [-0.25, -0.2) is 4.79 Å². The molecular formula is C12H13F3N2O3. The van der Waals surface area contributed by atoms with E-state index >= 15 is 0 Å². The zero-order valence-corrected chi connectivity index (χ0v) is 10.5. The molecule has 1 rings (SSSR count). The second-order valence-electron chi connectivity index (χ2n) is 4.33. The fourth-order valence-corrected chi connectivity index (χ4v) is 1.49. The van der Waals surface area contributed by atoms with Crippen molar-refractivity contribution in [2.75, 3.05) is 5.32 Å². The van der Waals surface area contributed by atoms with E-state index in [1.165, 1.54) is 0 Å². The minimum Gasteiger partial charge on any atom is -0.478 e. The summed E-state index contributed by atoms with van der Waals surface area (Å²) in [5, 5.41) is 11.0. The molecule has 0 bridgehead atoms. The van der Waals surface area contributed by atoms with E-state index in [4.69, 9.17) is 10.8 Å². The third-order valence-corrected chi connectivity index (χ3v) is 2.30. The fourth-order valence-electron chi connectivity index (χ4n) is 1.49. The van der Waals surface area contributed by atoms with E-state index in [0.29, 0.717) is 12.1 Å². The monoisotopic (exact) mass is 290 g/mol. The highest BCUT2D eigenvalue weighted by Gasteiger charge is 2.32. The maximum atomic E-state index is 12.6. The van der Waals surface area contributed by atoms with Crippen LogP contribution in [-0.4, -0.2) is 23.0 Å². The standard InChI is InChI=1S/C12H13F3N2O3/c1-6(16)2-10(18)17-9-4-7(11(19)20)3-8(5-9)12(13,14)15/h3-6H,2,16H2,1H3,(H,17,18)(H,19,20). The van der Waals surface area contributed by atoms with Gasteiger partial charge < -0.3 is 16.2 Å². The number of alkyl halides is 3. The molecule has 1 amide bonds. The Balaban J connectivity index is 3.10. The van der Waals surface area contributed by atoms with Crippen LogP contribution in [0.2, 0.25) is 0 Å². The minimum absolute atomic E-state index is 0.0847. The molecule has 1 unspecified atom stereocenters. The van der Waals surface area contributed by atoms with Crippen molar-refractivity contribution in [3.05, 3.63) is 29.3 Å². The number of rotatable bonds is 4. The summed E-state index contributed by atoms with van der Waals surface area (Å²) < 4.78 is 37.9. The Labute approximate surface area is 112 Å².